The number of nitrogens with zero attached hydrogens (tertiary/aromatic N) is 2. The highest BCUT2D eigenvalue weighted by atomic mass is 79.9. The Balaban J connectivity index is 1.89. The molecule has 0 unspecified atom stereocenters. The van der Waals surface area contributed by atoms with Crippen LogP contribution in [-0.2, 0) is 14.8 Å². The molecule has 32 heavy (non-hydrogen) atoms. The average Bonchev–Trinajstić information content (AvgIpc) is 2.76. The summed E-state index contributed by atoms with van der Waals surface area (Å²) >= 11 is 3.37. The van der Waals surface area contributed by atoms with Gasteiger partial charge < -0.3 is 0 Å². The number of amides is 1. The van der Waals surface area contributed by atoms with Crippen LogP contribution in [0.4, 0.5) is 10.1 Å². The van der Waals surface area contributed by atoms with Crippen LogP contribution in [0.3, 0.4) is 0 Å². The number of benzene rings is 3. The van der Waals surface area contributed by atoms with E-state index in [-0.39, 0.29) is 10.6 Å². The Morgan fingerprint density at radius 3 is 2.41 bits per heavy atom. The minimum Gasteiger partial charge on any atom is -0.271 e. The van der Waals surface area contributed by atoms with Crippen molar-refractivity contribution in [3.05, 3.63) is 94.2 Å². The summed E-state index contributed by atoms with van der Waals surface area (Å²) in [5.74, 6) is -1.47. The summed E-state index contributed by atoms with van der Waals surface area (Å²) in [6.45, 7) is 2.89. The number of hydrogen-bond donors (Lipinski definition) is 1. The van der Waals surface area contributed by atoms with Gasteiger partial charge in [-0.05, 0) is 55.8 Å². The Kier molecular flexibility index (Phi) is 7.42. The van der Waals surface area contributed by atoms with Crippen molar-refractivity contribution in [2.45, 2.75) is 18.7 Å². The second-order valence-corrected chi connectivity index (χ2v) is 9.80. The Morgan fingerprint density at radius 2 is 1.75 bits per heavy atom. The maximum Gasteiger partial charge on any atom is 0.264 e. The van der Waals surface area contributed by atoms with Crippen molar-refractivity contribution in [1.29, 1.82) is 0 Å². The van der Waals surface area contributed by atoms with Gasteiger partial charge in [-0.1, -0.05) is 57.9 Å². The van der Waals surface area contributed by atoms with Gasteiger partial charge in [0.2, 0.25) is 0 Å². The van der Waals surface area contributed by atoms with E-state index in [2.05, 4.69) is 26.5 Å². The van der Waals surface area contributed by atoms with E-state index >= 15 is 0 Å². The molecule has 0 fully saturated rings. The molecule has 0 atom stereocenters. The number of rotatable bonds is 7. The van der Waals surface area contributed by atoms with Crippen LogP contribution in [0.15, 0.2) is 87.3 Å². The molecule has 0 aliphatic carbocycles. The van der Waals surface area contributed by atoms with Crippen molar-refractivity contribution < 1.29 is 17.6 Å². The van der Waals surface area contributed by atoms with Gasteiger partial charge >= 0.3 is 0 Å². The fourth-order valence-electron chi connectivity index (χ4n) is 2.88. The molecule has 9 heteroatoms. The van der Waals surface area contributed by atoms with Crippen LogP contribution in [0.25, 0.3) is 0 Å². The molecule has 1 N–H and O–H groups in total. The van der Waals surface area contributed by atoms with Gasteiger partial charge in [-0.15, -0.1) is 0 Å². The van der Waals surface area contributed by atoms with Crippen LogP contribution in [0.2, 0.25) is 0 Å². The first kappa shape index (κ1) is 23.6. The predicted molar refractivity (Wildman–Crippen MR) is 127 cm³/mol. The zero-order chi connectivity index (χ0) is 23.3. The van der Waals surface area contributed by atoms with E-state index in [0.29, 0.717) is 5.71 Å². The van der Waals surface area contributed by atoms with Gasteiger partial charge in [0.1, 0.15) is 12.4 Å². The number of halogens is 2. The lowest BCUT2D eigenvalue weighted by Gasteiger charge is -2.24. The number of hydrazone groups is 1. The Bertz CT molecular complexity index is 1260. The lowest BCUT2D eigenvalue weighted by molar-refractivity contribution is -0.119. The summed E-state index contributed by atoms with van der Waals surface area (Å²) in [5.41, 5.74) is 4.31. The van der Waals surface area contributed by atoms with Crippen LogP contribution in [0, 0.1) is 12.7 Å². The highest BCUT2D eigenvalue weighted by Gasteiger charge is 2.29. The number of hydrogen-bond acceptors (Lipinski definition) is 4. The summed E-state index contributed by atoms with van der Waals surface area (Å²) in [7, 11) is -4.21. The van der Waals surface area contributed by atoms with E-state index in [9.17, 15) is 17.6 Å². The molecule has 0 radical (unpaired) electrons. The third-order valence-corrected chi connectivity index (χ3v) is 6.88. The highest BCUT2D eigenvalue weighted by Crippen LogP contribution is 2.26. The first-order chi connectivity index (χ1) is 15.2. The van der Waals surface area contributed by atoms with Crippen molar-refractivity contribution in [3.63, 3.8) is 0 Å². The first-order valence-electron chi connectivity index (χ1n) is 9.61. The summed E-state index contributed by atoms with van der Waals surface area (Å²) in [6, 6.07) is 18.9. The Labute approximate surface area is 195 Å². The third-order valence-electron chi connectivity index (χ3n) is 4.61. The molecule has 0 bridgehead atoms. The topological polar surface area (TPSA) is 78.8 Å². The molecule has 3 rings (SSSR count). The monoisotopic (exact) mass is 517 g/mol. The van der Waals surface area contributed by atoms with Crippen LogP contribution in [-0.4, -0.2) is 26.6 Å². The first-order valence-corrected chi connectivity index (χ1v) is 11.8. The smallest absolute Gasteiger partial charge is 0.264 e. The van der Waals surface area contributed by atoms with E-state index in [1.165, 1.54) is 30.3 Å². The average molecular weight is 518 g/mol. The third kappa shape index (κ3) is 5.60. The molecule has 166 valence electrons. The molecule has 0 spiro atoms. The van der Waals surface area contributed by atoms with E-state index in [4.69, 9.17) is 0 Å². The molecule has 6 nitrogen and oxygen atoms in total. The maximum absolute atomic E-state index is 14.5. The van der Waals surface area contributed by atoms with Gasteiger partial charge in [-0.2, -0.15) is 5.10 Å². The van der Waals surface area contributed by atoms with Crippen molar-refractivity contribution in [3.8, 4) is 0 Å². The number of carbonyl (C=O) groups is 1. The number of nitrogens with one attached hydrogen (secondary N) is 1. The normalized spacial score (nSPS) is 11.8. The van der Waals surface area contributed by atoms with Crippen molar-refractivity contribution >= 4 is 43.3 Å². The van der Waals surface area contributed by atoms with E-state index < -0.39 is 28.3 Å². The highest BCUT2D eigenvalue weighted by molar-refractivity contribution is 9.10. The van der Waals surface area contributed by atoms with Gasteiger partial charge in [0, 0.05) is 4.47 Å². The molecule has 0 aliphatic rings. The standard InChI is InChI=1S/C23H21BrFN3O3S/c1-16-10-12-20(13-11-16)32(30,31)28(22-9-4-3-8-21(22)25)15-23(29)27-26-17(2)18-6-5-7-19(24)14-18/h3-14H,15H2,1-2H3,(H,27,29)/b26-17-. The fourth-order valence-corrected chi connectivity index (χ4v) is 4.71. The molecular weight excluding hydrogens is 497 g/mol. The molecule has 0 saturated heterocycles. The van der Waals surface area contributed by atoms with Gasteiger partial charge in [-0.25, -0.2) is 18.2 Å². The summed E-state index contributed by atoms with van der Waals surface area (Å²) in [4.78, 5) is 12.6. The number of anilines is 1. The van der Waals surface area contributed by atoms with Crippen molar-refractivity contribution in [2.75, 3.05) is 10.8 Å². The lowest BCUT2D eigenvalue weighted by atomic mass is 10.1. The quantitative estimate of drug-likeness (QED) is 0.366. The zero-order valence-electron chi connectivity index (χ0n) is 17.4. The van der Waals surface area contributed by atoms with Crippen LogP contribution >= 0.6 is 15.9 Å². The molecule has 0 saturated carbocycles. The van der Waals surface area contributed by atoms with E-state index in [0.717, 1.165) is 26.0 Å². The summed E-state index contributed by atoms with van der Waals surface area (Å²) in [6.07, 6.45) is 0. The lowest BCUT2D eigenvalue weighted by Crippen LogP contribution is -2.40. The summed E-state index contributed by atoms with van der Waals surface area (Å²) in [5, 5.41) is 4.05. The predicted octanol–water partition coefficient (Wildman–Crippen LogP) is 4.63. The molecule has 0 aromatic heterocycles. The van der Waals surface area contributed by atoms with Gasteiger partial charge in [0.05, 0.1) is 16.3 Å². The number of sulfonamides is 1. The van der Waals surface area contributed by atoms with Gasteiger partial charge in [-0.3, -0.25) is 9.10 Å². The molecule has 0 aliphatic heterocycles. The Hall–Kier alpha value is -3.04. The van der Waals surface area contributed by atoms with Crippen LogP contribution in [0.1, 0.15) is 18.1 Å². The van der Waals surface area contributed by atoms with Crippen molar-refractivity contribution in [1.82, 2.24) is 5.43 Å². The van der Waals surface area contributed by atoms with Crippen LogP contribution in [0.5, 0.6) is 0 Å². The SMILES string of the molecule is C/C(=N/NC(=O)CN(c1ccccc1F)S(=O)(=O)c1ccc(C)cc1)c1cccc(Br)c1. The van der Waals surface area contributed by atoms with E-state index in [1.807, 2.05) is 31.2 Å². The second kappa shape index (κ2) is 10.1. The molecule has 3 aromatic rings. The van der Waals surface area contributed by atoms with Crippen LogP contribution < -0.4 is 9.73 Å². The van der Waals surface area contributed by atoms with Crippen molar-refractivity contribution in [2.24, 2.45) is 5.10 Å². The minimum absolute atomic E-state index is 0.0482. The second-order valence-electron chi connectivity index (χ2n) is 7.02. The molecule has 1 amide bonds. The number of carbonyl (C=O) groups excluding carboxylic acids is 1. The Morgan fingerprint density at radius 1 is 1.06 bits per heavy atom. The fraction of sp³-hybridized carbons (Fsp3) is 0.130. The largest absolute Gasteiger partial charge is 0.271 e. The van der Waals surface area contributed by atoms with E-state index in [1.54, 1.807) is 19.1 Å². The zero-order valence-corrected chi connectivity index (χ0v) is 19.8. The molecular formula is C23H21BrFN3O3S. The van der Waals surface area contributed by atoms with Gasteiger partial charge in [0.15, 0.2) is 0 Å². The number of aryl methyl sites for hydroxylation is 1. The molecule has 0 heterocycles. The summed E-state index contributed by atoms with van der Waals surface area (Å²) < 4.78 is 42.6. The minimum atomic E-state index is -4.21. The van der Waals surface area contributed by atoms with Gasteiger partial charge in [0.25, 0.3) is 15.9 Å². The number of para-hydroxylation sites is 1. The maximum atomic E-state index is 14.5. The molecule has 3 aromatic carbocycles.